The largest absolute Gasteiger partial charge is 0.420 e. The Morgan fingerprint density at radius 2 is 2.06 bits per heavy atom. The van der Waals surface area contributed by atoms with Gasteiger partial charge in [-0.15, -0.1) is 0 Å². The summed E-state index contributed by atoms with van der Waals surface area (Å²) in [5.41, 5.74) is 1.77. The molecule has 2 aromatic heterocycles. The second-order valence-electron chi connectivity index (χ2n) is 3.75. The zero-order chi connectivity index (χ0) is 12.4. The van der Waals surface area contributed by atoms with Crippen molar-refractivity contribution in [2.24, 2.45) is 7.05 Å². The highest BCUT2D eigenvalue weighted by Crippen LogP contribution is 2.25. The van der Waals surface area contributed by atoms with Crippen molar-refractivity contribution in [2.75, 3.05) is 12.4 Å². The molecule has 0 saturated heterocycles. The first-order valence-electron chi connectivity index (χ1n) is 5.29. The van der Waals surface area contributed by atoms with Gasteiger partial charge in [-0.3, -0.25) is 0 Å². The lowest BCUT2D eigenvalue weighted by Crippen LogP contribution is -2.02. The molecule has 90 valence electrons. The Morgan fingerprint density at radius 3 is 2.65 bits per heavy atom. The van der Waals surface area contributed by atoms with E-state index in [9.17, 15) is 0 Å². The van der Waals surface area contributed by atoms with E-state index in [1.807, 2.05) is 34.0 Å². The molecule has 0 radical (unpaired) electrons. The zero-order valence-corrected chi connectivity index (χ0v) is 10.4. The fraction of sp³-hybridized carbons (Fsp3) is 0.364. The van der Waals surface area contributed by atoms with Crippen molar-refractivity contribution in [1.82, 2.24) is 19.7 Å². The summed E-state index contributed by atoms with van der Waals surface area (Å²) in [4.78, 5) is 8.22. The lowest BCUT2D eigenvalue weighted by molar-refractivity contribution is 0.411. The lowest BCUT2D eigenvalue weighted by atomic mass is 10.3. The lowest BCUT2D eigenvalue weighted by Gasteiger charge is -2.09. The van der Waals surface area contributed by atoms with Gasteiger partial charge in [-0.25, -0.2) is 14.6 Å². The number of ether oxygens (including phenoxy) is 1. The summed E-state index contributed by atoms with van der Waals surface area (Å²) in [7, 11) is 3.64. The van der Waals surface area contributed by atoms with Gasteiger partial charge in [0.2, 0.25) is 11.8 Å². The van der Waals surface area contributed by atoms with E-state index in [2.05, 4.69) is 20.4 Å². The number of aromatic nitrogens is 4. The first-order valence-corrected chi connectivity index (χ1v) is 5.29. The van der Waals surface area contributed by atoms with Crippen LogP contribution in [0.5, 0.6) is 11.8 Å². The van der Waals surface area contributed by atoms with Crippen LogP contribution in [-0.4, -0.2) is 26.8 Å². The van der Waals surface area contributed by atoms with Crippen LogP contribution >= 0.6 is 0 Å². The van der Waals surface area contributed by atoms with E-state index < -0.39 is 0 Å². The third-order valence-corrected chi connectivity index (χ3v) is 2.43. The smallest absolute Gasteiger partial charge is 0.229 e. The molecular formula is C11H15N5O. The number of nitrogens with zero attached hydrogens (tertiary/aromatic N) is 4. The average Bonchev–Trinajstić information content (AvgIpc) is 2.60. The van der Waals surface area contributed by atoms with Gasteiger partial charge in [0.25, 0.3) is 0 Å². The number of aryl methyl sites for hydroxylation is 2. The molecule has 1 N–H and O–H groups in total. The molecular weight excluding hydrogens is 218 g/mol. The summed E-state index contributed by atoms with van der Waals surface area (Å²) in [5.74, 6) is 1.95. The van der Waals surface area contributed by atoms with Crippen LogP contribution in [-0.2, 0) is 7.05 Å². The molecule has 2 rings (SSSR count). The number of anilines is 1. The summed E-state index contributed by atoms with van der Waals surface area (Å²) in [6, 6.07) is 1.86. The first kappa shape index (κ1) is 11.4. The molecule has 0 atom stereocenters. The molecule has 0 saturated carbocycles. The Balaban J connectivity index is 2.33. The SMILES string of the molecule is CNc1ncnc(Oc2cc(C)nn2C)c1C. The van der Waals surface area contributed by atoms with Gasteiger partial charge in [0, 0.05) is 20.2 Å². The van der Waals surface area contributed by atoms with Crippen LogP contribution in [0.3, 0.4) is 0 Å². The predicted octanol–water partition coefficient (Wildman–Crippen LogP) is 1.66. The Labute approximate surface area is 99.7 Å². The zero-order valence-electron chi connectivity index (χ0n) is 10.4. The topological polar surface area (TPSA) is 64.9 Å². The van der Waals surface area contributed by atoms with Crippen molar-refractivity contribution in [3.63, 3.8) is 0 Å². The quantitative estimate of drug-likeness (QED) is 0.873. The molecule has 0 aliphatic heterocycles. The van der Waals surface area contributed by atoms with Crippen molar-refractivity contribution in [1.29, 1.82) is 0 Å². The highest BCUT2D eigenvalue weighted by atomic mass is 16.5. The summed E-state index contributed by atoms with van der Waals surface area (Å²) in [6.07, 6.45) is 1.47. The second kappa shape index (κ2) is 4.40. The Hall–Kier alpha value is -2.11. The molecule has 2 heterocycles. The van der Waals surface area contributed by atoms with Crippen molar-refractivity contribution in [2.45, 2.75) is 13.8 Å². The Morgan fingerprint density at radius 1 is 1.29 bits per heavy atom. The van der Waals surface area contributed by atoms with Crippen LogP contribution in [0.25, 0.3) is 0 Å². The van der Waals surface area contributed by atoms with Crippen molar-refractivity contribution in [3.8, 4) is 11.8 Å². The van der Waals surface area contributed by atoms with E-state index in [1.165, 1.54) is 6.33 Å². The van der Waals surface area contributed by atoms with Crippen molar-refractivity contribution < 1.29 is 4.74 Å². The van der Waals surface area contributed by atoms with Crippen LogP contribution in [0.4, 0.5) is 5.82 Å². The minimum Gasteiger partial charge on any atom is -0.420 e. The van der Waals surface area contributed by atoms with Crippen LogP contribution < -0.4 is 10.1 Å². The molecule has 0 fully saturated rings. The van der Waals surface area contributed by atoms with Crippen molar-refractivity contribution >= 4 is 5.82 Å². The standard InChI is InChI=1S/C11H15N5O/c1-7-5-9(16(4)15-7)17-11-8(2)10(12-3)13-6-14-11/h5-6H,1-4H3,(H,12,13,14). The maximum absolute atomic E-state index is 5.71. The van der Waals surface area contributed by atoms with E-state index in [4.69, 9.17) is 4.74 Å². The molecule has 6 nitrogen and oxygen atoms in total. The van der Waals surface area contributed by atoms with Crippen LogP contribution in [0, 0.1) is 13.8 Å². The van der Waals surface area contributed by atoms with Gasteiger partial charge in [0.1, 0.15) is 12.1 Å². The fourth-order valence-electron chi connectivity index (χ4n) is 1.57. The molecule has 0 amide bonds. The highest BCUT2D eigenvalue weighted by Gasteiger charge is 2.10. The summed E-state index contributed by atoms with van der Waals surface area (Å²) in [5, 5.41) is 7.20. The summed E-state index contributed by atoms with van der Waals surface area (Å²) < 4.78 is 7.39. The molecule has 0 unspecified atom stereocenters. The molecule has 0 spiro atoms. The van der Waals surface area contributed by atoms with Crippen LogP contribution in [0.2, 0.25) is 0 Å². The van der Waals surface area contributed by atoms with Crippen molar-refractivity contribution in [3.05, 3.63) is 23.7 Å². The van der Waals surface area contributed by atoms with Gasteiger partial charge in [-0.1, -0.05) is 0 Å². The third-order valence-electron chi connectivity index (χ3n) is 2.43. The number of hydrogen-bond acceptors (Lipinski definition) is 5. The van der Waals surface area contributed by atoms with E-state index in [-0.39, 0.29) is 0 Å². The van der Waals surface area contributed by atoms with Gasteiger partial charge in [0.15, 0.2) is 0 Å². The number of rotatable bonds is 3. The Bertz CT molecular complexity index is 535. The van der Waals surface area contributed by atoms with E-state index >= 15 is 0 Å². The van der Waals surface area contributed by atoms with Gasteiger partial charge in [-0.05, 0) is 13.8 Å². The average molecular weight is 233 g/mol. The molecule has 0 aliphatic rings. The van der Waals surface area contributed by atoms with Gasteiger partial charge in [-0.2, -0.15) is 5.10 Å². The van der Waals surface area contributed by atoms with E-state index in [0.717, 1.165) is 17.1 Å². The van der Waals surface area contributed by atoms with Gasteiger partial charge in [0.05, 0.1) is 11.3 Å². The molecule has 0 aromatic carbocycles. The minimum atomic E-state index is 0.535. The van der Waals surface area contributed by atoms with Crippen LogP contribution in [0.15, 0.2) is 12.4 Å². The number of nitrogens with one attached hydrogen (secondary N) is 1. The second-order valence-corrected chi connectivity index (χ2v) is 3.75. The maximum atomic E-state index is 5.71. The normalized spacial score (nSPS) is 10.4. The molecule has 17 heavy (non-hydrogen) atoms. The van der Waals surface area contributed by atoms with Crippen LogP contribution in [0.1, 0.15) is 11.3 Å². The summed E-state index contributed by atoms with van der Waals surface area (Å²) in [6.45, 7) is 3.82. The molecule has 6 heteroatoms. The minimum absolute atomic E-state index is 0.535. The molecule has 2 aromatic rings. The number of hydrogen-bond donors (Lipinski definition) is 1. The third kappa shape index (κ3) is 2.20. The van der Waals surface area contributed by atoms with Gasteiger partial charge >= 0.3 is 0 Å². The predicted molar refractivity (Wildman–Crippen MR) is 64.3 cm³/mol. The van der Waals surface area contributed by atoms with Gasteiger partial charge < -0.3 is 10.1 Å². The Kier molecular flexibility index (Phi) is 2.95. The summed E-state index contributed by atoms with van der Waals surface area (Å²) >= 11 is 0. The molecule has 0 bridgehead atoms. The highest BCUT2D eigenvalue weighted by molar-refractivity contribution is 5.47. The first-order chi connectivity index (χ1) is 8.11. The monoisotopic (exact) mass is 233 g/mol. The van der Waals surface area contributed by atoms with E-state index in [0.29, 0.717) is 11.8 Å². The maximum Gasteiger partial charge on any atom is 0.229 e. The molecule has 0 aliphatic carbocycles. The van der Waals surface area contributed by atoms with E-state index in [1.54, 1.807) is 4.68 Å². The fourth-order valence-corrected chi connectivity index (χ4v) is 1.57.